The molecule has 0 radical (unpaired) electrons. The van der Waals surface area contributed by atoms with Crippen molar-refractivity contribution >= 4 is 21.9 Å². The number of fused-ring (bicyclic) bond motifs is 2. The van der Waals surface area contributed by atoms with Gasteiger partial charge in [0.25, 0.3) is 0 Å². The monoisotopic (exact) mass is 352 g/mol. The van der Waals surface area contributed by atoms with Crippen molar-refractivity contribution in [2.75, 3.05) is 7.11 Å². The average molecular weight is 352 g/mol. The summed E-state index contributed by atoms with van der Waals surface area (Å²) in [5.41, 5.74) is 5.92. The second-order valence-electron chi connectivity index (χ2n) is 6.28. The summed E-state index contributed by atoms with van der Waals surface area (Å²) >= 11 is 0. The molecule has 1 N–H and O–H groups in total. The van der Waals surface area contributed by atoms with E-state index in [1.807, 2.05) is 30.5 Å². The van der Waals surface area contributed by atoms with Crippen LogP contribution in [0.4, 0.5) is 0 Å². The van der Waals surface area contributed by atoms with Crippen LogP contribution in [0, 0.1) is 0 Å². The fourth-order valence-electron chi connectivity index (χ4n) is 3.38. The Balaban J connectivity index is 1.64. The molecule has 3 heterocycles. The third kappa shape index (κ3) is 2.60. The smallest absolute Gasteiger partial charge is 0.224 e. The van der Waals surface area contributed by atoms with Gasteiger partial charge in [-0.05, 0) is 29.8 Å². The first-order valence-corrected chi connectivity index (χ1v) is 8.66. The van der Waals surface area contributed by atoms with Gasteiger partial charge < -0.3 is 9.72 Å². The van der Waals surface area contributed by atoms with Crippen molar-refractivity contribution in [3.63, 3.8) is 0 Å². The van der Waals surface area contributed by atoms with E-state index in [1.54, 1.807) is 7.11 Å². The molecule has 0 spiro atoms. The second-order valence-corrected chi connectivity index (χ2v) is 6.28. The molecular formula is C22H16N4O. The van der Waals surface area contributed by atoms with Crippen molar-refractivity contribution in [2.24, 2.45) is 0 Å². The predicted molar refractivity (Wildman–Crippen MR) is 107 cm³/mol. The Morgan fingerprint density at radius 2 is 1.74 bits per heavy atom. The minimum atomic E-state index is 0.575. The molecule has 0 fully saturated rings. The normalized spacial score (nSPS) is 11.1. The number of benzene rings is 2. The number of hydrogen-bond donors (Lipinski definition) is 1. The van der Waals surface area contributed by atoms with Crippen LogP contribution in [0.5, 0.6) is 5.88 Å². The maximum Gasteiger partial charge on any atom is 0.224 e. The molecule has 0 aliphatic carbocycles. The number of nitrogens with one attached hydrogen (secondary N) is 1. The van der Waals surface area contributed by atoms with Gasteiger partial charge in [0, 0.05) is 22.7 Å². The van der Waals surface area contributed by atoms with E-state index >= 15 is 0 Å². The number of ether oxygens (including phenoxy) is 1. The molecule has 3 aromatic heterocycles. The first kappa shape index (κ1) is 15.5. The Hall–Kier alpha value is -3.73. The highest BCUT2D eigenvalue weighted by Crippen LogP contribution is 2.33. The fraction of sp³-hybridized carbons (Fsp3) is 0.0455. The number of aromatic nitrogens is 4. The molecule has 5 aromatic rings. The summed E-state index contributed by atoms with van der Waals surface area (Å²) in [5.74, 6) is 0.575. The van der Waals surface area contributed by atoms with Gasteiger partial charge in [-0.15, -0.1) is 0 Å². The standard InChI is InChI=1S/C22H16N4O/c1-27-22-17-11-15(7-9-20(17)24-13-25-22)18-12-23-21-16(18)8-10-19(26-21)14-5-3-2-4-6-14/h2-13H,1H3,(H,23,26). The van der Waals surface area contributed by atoms with E-state index in [4.69, 9.17) is 9.72 Å². The van der Waals surface area contributed by atoms with Crippen molar-refractivity contribution in [1.29, 1.82) is 0 Å². The molecule has 0 aliphatic heterocycles. The van der Waals surface area contributed by atoms with Crippen molar-refractivity contribution in [1.82, 2.24) is 19.9 Å². The maximum absolute atomic E-state index is 5.38. The van der Waals surface area contributed by atoms with E-state index in [9.17, 15) is 0 Å². The quantitative estimate of drug-likeness (QED) is 0.504. The molecular weight excluding hydrogens is 336 g/mol. The lowest BCUT2D eigenvalue weighted by Gasteiger charge is -2.06. The highest BCUT2D eigenvalue weighted by Gasteiger charge is 2.11. The lowest BCUT2D eigenvalue weighted by Crippen LogP contribution is -1.91. The molecule has 0 aliphatic rings. The highest BCUT2D eigenvalue weighted by molar-refractivity contribution is 5.97. The Morgan fingerprint density at radius 3 is 2.59 bits per heavy atom. The molecule has 0 saturated carbocycles. The van der Waals surface area contributed by atoms with Gasteiger partial charge in [0.1, 0.15) is 12.0 Å². The van der Waals surface area contributed by atoms with Crippen LogP contribution in [0.25, 0.3) is 44.3 Å². The largest absolute Gasteiger partial charge is 0.480 e. The Morgan fingerprint density at radius 1 is 0.852 bits per heavy atom. The molecule has 5 rings (SSSR count). The second kappa shape index (κ2) is 6.21. The van der Waals surface area contributed by atoms with Gasteiger partial charge >= 0.3 is 0 Å². The molecule has 5 heteroatoms. The van der Waals surface area contributed by atoms with Gasteiger partial charge in [0.15, 0.2) is 0 Å². The molecule has 0 unspecified atom stereocenters. The summed E-state index contributed by atoms with van der Waals surface area (Å²) in [6.07, 6.45) is 3.51. The van der Waals surface area contributed by atoms with E-state index in [2.05, 4.69) is 51.4 Å². The van der Waals surface area contributed by atoms with Crippen molar-refractivity contribution in [3.05, 3.63) is 73.2 Å². The summed E-state index contributed by atoms with van der Waals surface area (Å²) in [6.45, 7) is 0. The Kier molecular flexibility index (Phi) is 3.57. The third-order valence-corrected chi connectivity index (χ3v) is 4.71. The van der Waals surface area contributed by atoms with Crippen LogP contribution in [-0.2, 0) is 0 Å². The van der Waals surface area contributed by atoms with Crippen molar-refractivity contribution in [2.45, 2.75) is 0 Å². The number of rotatable bonds is 3. The molecule has 5 nitrogen and oxygen atoms in total. The molecule has 0 saturated heterocycles. The number of methoxy groups -OCH3 is 1. The van der Waals surface area contributed by atoms with Crippen molar-refractivity contribution in [3.8, 4) is 28.3 Å². The van der Waals surface area contributed by atoms with Crippen LogP contribution in [-0.4, -0.2) is 27.0 Å². The molecule has 0 atom stereocenters. The minimum absolute atomic E-state index is 0.575. The molecule has 2 aromatic carbocycles. The van der Waals surface area contributed by atoms with Crippen LogP contribution >= 0.6 is 0 Å². The lowest BCUT2D eigenvalue weighted by atomic mass is 10.0. The number of pyridine rings is 1. The SMILES string of the molecule is COc1ncnc2ccc(-c3c[nH]c4nc(-c5ccccc5)ccc34)cc12. The average Bonchev–Trinajstić information content (AvgIpc) is 3.17. The highest BCUT2D eigenvalue weighted by atomic mass is 16.5. The zero-order valence-corrected chi connectivity index (χ0v) is 14.7. The van der Waals surface area contributed by atoms with Gasteiger partial charge in [0.2, 0.25) is 5.88 Å². The molecule has 0 amide bonds. The summed E-state index contributed by atoms with van der Waals surface area (Å²) in [7, 11) is 1.62. The summed E-state index contributed by atoms with van der Waals surface area (Å²) in [5, 5.41) is 1.96. The molecule has 27 heavy (non-hydrogen) atoms. The first-order chi connectivity index (χ1) is 13.3. The summed E-state index contributed by atoms with van der Waals surface area (Å²) < 4.78 is 5.38. The summed E-state index contributed by atoms with van der Waals surface area (Å²) in [4.78, 5) is 16.6. The predicted octanol–water partition coefficient (Wildman–Crippen LogP) is 4.85. The van der Waals surface area contributed by atoms with Crippen molar-refractivity contribution < 1.29 is 4.74 Å². The van der Waals surface area contributed by atoms with Gasteiger partial charge in [-0.1, -0.05) is 36.4 Å². The van der Waals surface area contributed by atoms with Gasteiger partial charge in [-0.2, -0.15) is 0 Å². The van der Waals surface area contributed by atoms with Crippen LogP contribution in [0.2, 0.25) is 0 Å². The molecule has 130 valence electrons. The van der Waals surface area contributed by atoms with E-state index in [-0.39, 0.29) is 0 Å². The lowest BCUT2D eigenvalue weighted by molar-refractivity contribution is 0.402. The molecule has 0 bridgehead atoms. The van der Waals surface area contributed by atoms with E-state index in [1.165, 1.54) is 6.33 Å². The maximum atomic E-state index is 5.38. The van der Waals surface area contributed by atoms with E-state index < -0.39 is 0 Å². The number of hydrogen-bond acceptors (Lipinski definition) is 4. The third-order valence-electron chi connectivity index (χ3n) is 4.71. The fourth-order valence-corrected chi connectivity index (χ4v) is 3.38. The van der Waals surface area contributed by atoms with Crippen LogP contribution < -0.4 is 4.74 Å². The Labute approximate surface area is 155 Å². The Bertz CT molecular complexity index is 1260. The van der Waals surface area contributed by atoms with Gasteiger partial charge in [0.05, 0.1) is 23.7 Å². The van der Waals surface area contributed by atoms with Gasteiger partial charge in [-0.25, -0.2) is 15.0 Å². The van der Waals surface area contributed by atoms with Crippen LogP contribution in [0.15, 0.2) is 73.2 Å². The number of nitrogens with zero attached hydrogens (tertiary/aromatic N) is 3. The van der Waals surface area contributed by atoms with E-state index in [0.717, 1.165) is 44.3 Å². The number of H-pyrrole nitrogens is 1. The minimum Gasteiger partial charge on any atom is -0.480 e. The zero-order chi connectivity index (χ0) is 18.2. The van der Waals surface area contributed by atoms with Gasteiger partial charge in [-0.3, -0.25) is 0 Å². The van der Waals surface area contributed by atoms with Crippen LogP contribution in [0.1, 0.15) is 0 Å². The van der Waals surface area contributed by atoms with E-state index in [0.29, 0.717) is 5.88 Å². The van der Waals surface area contributed by atoms with Crippen LogP contribution in [0.3, 0.4) is 0 Å². The zero-order valence-electron chi connectivity index (χ0n) is 14.7. The first-order valence-electron chi connectivity index (χ1n) is 8.66. The summed E-state index contributed by atoms with van der Waals surface area (Å²) in [6, 6.07) is 20.4. The topological polar surface area (TPSA) is 63.7 Å². The number of aromatic amines is 1.